The van der Waals surface area contributed by atoms with Gasteiger partial charge in [-0.15, -0.1) is 0 Å². The Morgan fingerprint density at radius 3 is 2.03 bits per heavy atom. The summed E-state index contributed by atoms with van der Waals surface area (Å²) in [5, 5.41) is 5.54. The normalized spacial score (nSPS) is 13.5. The number of carbonyl (C=O) groups excluding carboxylic acids is 3. The van der Waals surface area contributed by atoms with Gasteiger partial charge in [-0.25, -0.2) is 4.79 Å². The van der Waals surface area contributed by atoms with Crippen molar-refractivity contribution in [1.29, 1.82) is 0 Å². The highest BCUT2D eigenvalue weighted by atomic mass is 16.6. The van der Waals surface area contributed by atoms with E-state index < -0.39 is 41.1 Å². The number of benzene rings is 1. The molecular weight excluding hydrogens is 418 g/mol. The van der Waals surface area contributed by atoms with Crippen LogP contribution in [-0.2, 0) is 14.3 Å². The zero-order valence-electron chi connectivity index (χ0n) is 21.6. The van der Waals surface area contributed by atoms with Crippen molar-refractivity contribution < 1.29 is 19.1 Å². The third-order valence-electron chi connectivity index (χ3n) is 4.83. The molecule has 0 aliphatic carbocycles. The van der Waals surface area contributed by atoms with Crippen LogP contribution >= 0.6 is 0 Å². The molecule has 0 heterocycles. The van der Waals surface area contributed by atoms with Crippen molar-refractivity contribution in [1.82, 2.24) is 15.5 Å². The topological polar surface area (TPSA) is 87.7 Å². The molecule has 0 aliphatic rings. The van der Waals surface area contributed by atoms with Crippen LogP contribution in [-0.4, -0.2) is 40.0 Å². The molecule has 1 aromatic rings. The van der Waals surface area contributed by atoms with E-state index >= 15 is 0 Å². The first kappa shape index (κ1) is 28.0. The number of aryl methyl sites for hydroxylation is 2. The second-order valence-electron chi connectivity index (χ2n) is 10.7. The Kier molecular flexibility index (Phi) is 9.12. The third kappa shape index (κ3) is 8.45. The number of terminal acetylenes is 1. The smallest absolute Gasteiger partial charge is 0.408 e. The average molecular weight is 458 g/mol. The minimum Gasteiger partial charge on any atom is -0.444 e. The fourth-order valence-electron chi connectivity index (χ4n) is 3.15. The Hall–Kier alpha value is -3.01. The molecular formula is C26H39N3O4. The van der Waals surface area contributed by atoms with Gasteiger partial charge >= 0.3 is 6.09 Å². The molecule has 2 unspecified atom stereocenters. The molecule has 0 aliphatic heterocycles. The molecule has 7 heteroatoms. The van der Waals surface area contributed by atoms with Crippen molar-refractivity contribution >= 4 is 17.9 Å². The average Bonchev–Trinajstić information content (AvgIpc) is 2.62. The van der Waals surface area contributed by atoms with E-state index in [-0.39, 0.29) is 5.92 Å². The van der Waals surface area contributed by atoms with Crippen LogP contribution < -0.4 is 10.6 Å². The summed E-state index contributed by atoms with van der Waals surface area (Å²) in [6.07, 6.45) is 5.05. The van der Waals surface area contributed by atoms with Gasteiger partial charge in [0.05, 0.1) is 0 Å². The van der Waals surface area contributed by atoms with Crippen LogP contribution in [0.15, 0.2) is 18.2 Å². The molecule has 0 aromatic heterocycles. The Bertz CT molecular complexity index is 917. The van der Waals surface area contributed by atoms with E-state index in [9.17, 15) is 14.4 Å². The van der Waals surface area contributed by atoms with Crippen molar-refractivity contribution in [2.75, 3.05) is 0 Å². The molecule has 182 valence electrons. The molecule has 3 amide bonds. The van der Waals surface area contributed by atoms with Gasteiger partial charge in [-0.05, 0) is 78.0 Å². The van der Waals surface area contributed by atoms with Gasteiger partial charge in [-0.2, -0.15) is 0 Å². The van der Waals surface area contributed by atoms with Crippen LogP contribution in [0.5, 0.6) is 0 Å². The number of hydrogen-bond acceptors (Lipinski definition) is 4. The number of nitrogens with one attached hydrogen (secondary N) is 2. The van der Waals surface area contributed by atoms with Crippen molar-refractivity contribution in [2.24, 2.45) is 5.92 Å². The summed E-state index contributed by atoms with van der Waals surface area (Å²) in [7, 11) is 0. The molecule has 0 fully saturated rings. The lowest BCUT2D eigenvalue weighted by atomic mass is 9.96. The van der Waals surface area contributed by atoms with Crippen molar-refractivity contribution in [3.63, 3.8) is 0 Å². The van der Waals surface area contributed by atoms with E-state index in [0.717, 1.165) is 16.0 Å². The van der Waals surface area contributed by atoms with Gasteiger partial charge in [0.1, 0.15) is 17.7 Å². The Labute approximate surface area is 198 Å². The van der Waals surface area contributed by atoms with Gasteiger partial charge in [0.2, 0.25) is 5.91 Å². The van der Waals surface area contributed by atoms with Crippen LogP contribution in [0.3, 0.4) is 0 Å². The summed E-state index contributed by atoms with van der Waals surface area (Å²) < 4.78 is 5.32. The second-order valence-corrected chi connectivity index (χ2v) is 10.7. The van der Waals surface area contributed by atoms with E-state index in [0.29, 0.717) is 5.56 Å². The minimum atomic E-state index is -1.07. The van der Waals surface area contributed by atoms with Gasteiger partial charge < -0.3 is 15.4 Å². The fraction of sp³-hybridized carbons (Fsp3) is 0.577. The van der Waals surface area contributed by atoms with E-state index in [1.54, 1.807) is 40.7 Å². The number of rotatable bonds is 6. The summed E-state index contributed by atoms with van der Waals surface area (Å²) >= 11 is 0. The first-order chi connectivity index (χ1) is 15.0. The van der Waals surface area contributed by atoms with Gasteiger partial charge in [-0.1, -0.05) is 38.5 Å². The van der Waals surface area contributed by atoms with Gasteiger partial charge in [0, 0.05) is 11.6 Å². The molecule has 0 spiro atoms. The number of alkyl carbamates (subject to hydrolysis) is 1. The number of nitrogens with zero attached hydrogens (tertiary/aromatic N) is 1. The Morgan fingerprint density at radius 1 is 1.03 bits per heavy atom. The first-order valence-electron chi connectivity index (χ1n) is 11.1. The zero-order chi connectivity index (χ0) is 25.7. The quantitative estimate of drug-likeness (QED) is 0.494. The van der Waals surface area contributed by atoms with Crippen LogP contribution in [0.2, 0.25) is 0 Å². The number of ether oxygens (including phenoxy) is 1. The molecule has 0 radical (unpaired) electrons. The lowest BCUT2D eigenvalue weighted by Crippen LogP contribution is -2.54. The molecule has 2 atom stereocenters. The van der Waals surface area contributed by atoms with Gasteiger partial charge in [-0.3, -0.25) is 14.5 Å². The highest BCUT2D eigenvalue weighted by Crippen LogP contribution is 2.26. The maximum Gasteiger partial charge on any atom is 0.408 e. The first-order valence-corrected chi connectivity index (χ1v) is 11.1. The van der Waals surface area contributed by atoms with E-state index in [1.807, 2.05) is 46.8 Å². The Morgan fingerprint density at radius 2 is 1.61 bits per heavy atom. The highest BCUT2D eigenvalue weighted by molar-refractivity contribution is 5.93. The molecule has 7 nitrogen and oxygen atoms in total. The number of carbonyl (C=O) groups is 3. The number of hydrogen-bond donors (Lipinski definition) is 2. The van der Waals surface area contributed by atoms with Crippen LogP contribution in [0, 0.1) is 32.2 Å². The zero-order valence-corrected chi connectivity index (χ0v) is 21.6. The molecule has 1 rings (SSSR count). The molecule has 0 bridgehead atoms. The standard InChI is InChI=1S/C26H39N3O4/c1-12-29(23(31)20(16(2)3)27-24(32)33-26(9,10)11)21(22(30)28-25(6,7)8)19-14-13-17(4)18(5)15-19/h1,13-16,20-21H,2-11H3,(H,27,32)(H,28,30). The lowest BCUT2D eigenvalue weighted by molar-refractivity contribution is -0.140. The number of amides is 3. The van der Waals surface area contributed by atoms with Crippen LogP contribution in [0.25, 0.3) is 0 Å². The molecule has 33 heavy (non-hydrogen) atoms. The van der Waals surface area contributed by atoms with Gasteiger partial charge in [0.15, 0.2) is 0 Å². The third-order valence-corrected chi connectivity index (χ3v) is 4.83. The monoisotopic (exact) mass is 457 g/mol. The fourth-order valence-corrected chi connectivity index (χ4v) is 3.15. The lowest BCUT2D eigenvalue weighted by Gasteiger charge is -2.33. The maximum atomic E-state index is 13.6. The van der Waals surface area contributed by atoms with Crippen molar-refractivity contribution in [3.05, 3.63) is 34.9 Å². The summed E-state index contributed by atoms with van der Waals surface area (Å²) in [5.41, 5.74) is 1.35. The SMILES string of the molecule is C#CN(C(=O)C(NC(=O)OC(C)(C)C)C(C)C)C(C(=O)NC(C)(C)C)c1ccc(C)c(C)c1. The summed E-state index contributed by atoms with van der Waals surface area (Å²) in [6, 6.07) is 5.87. The molecule has 0 saturated carbocycles. The predicted octanol–water partition coefficient (Wildman–Crippen LogP) is 4.23. The van der Waals surface area contributed by atoms with Gasteiger partial charge in [0.25, 0.3) is 5.91 Å². The summed E-state index contributed by atoms with van der Waals surface area (Å²) in [4.78, 5) is 40.4. The Balaban J connectivity index is 3.44. The van der Waals surface area contributed by atoms with E-state index in [4.69, 9.17) is 11.2 Å². The predicted molar refractivity (Wildman–Crippen MR) is 130 cm³/mol. The van der Waals surface area contributed by atoms with Crippen molar-refractivity contribution in [2.45, 2.75) is 92.5 Å². The summed E-state index contributed by atoms with van der Waals surface area (Å²) in [5.74, 6) is -1.27. The van der Waals surface area contributed by atoms with E-state index in [1.165, 1.54) is 0 Å². The van der Waals surface area contributed by atoms with Crippen molar-refractivity contribution in [3.8, 4) is 12.5 Å². The largest absolute Gasteiger partial charge is 0.444 e. The van der Waals surface area contributed by atoms with Crippen LogP contribution in [0.1, 0.15) is 78.1 Å². The van der Waals surface area contributed by atoms with E-state index in [2.05, 4.69) is 16.7 Å². The second kappa shape index (κ2) is 10.7. The molecule has 0 saturated heterocycles. The minimum absolute atomic E-state index is 0.299. The van der Waals surface area contributed by atoms with Crippen LogP contribution in [0.4, 0.5) is 4.79 Å². The maximum absolute atomic E-state index is 13.6. The summed E-state index contributed by atoms with van der Waals surface area (Å²) in [6.45, 7) is 18.2. The highest BCUT2D eigenvalue weighted by Gasteiger charge is 2.38. The molecule has 2 N–H and O–H groups in total. The molecule has 1 aromatic carbocycles.